The van der Waals surface area contributed by atoms with Gasteiger partial charge in [-0.1, -0.05) is 97.1 Å². The van der Waals surface area contributed by atoms with Crippen molar-refractivity contribution in [1.29, 1.82) is 0 Å². The highest BCUT2D eigenvalue weighted by Crippen LogP contribution is 2.42. The summed E-state index contributed by atoms with van der Waals surface area (Å²) in [7, 11) is -0.597. The quantitative estimate of drug-likeness (QED) is 0.174. The van der Waals surface area contributed by atoms with Gasteiger partial charge < -0.3 is 13.9 Å². The summed E-state index contributed by atoms with van der Waals surface area (Å²) in [5.41, 5.74) is 7.01. The van der Waals surface area contributed by atoms with Crippen LogP contribution in [0.1, 0.15) is 27.7 Å². The second-order valence-electron chi connectivity index (χ2n) is 14.5. The summed E-state index contributed by atoms with van der Waals surface area (Å²) in [4.78, 5) is 10.8. The number of nitrogens with zero attached hydrogens (tertiary/aromatic N) is 3. The molecule has 0 bridgehead atoms. The molecule has 5 nitrogen and oxygen atoms in total. The number of hydrogen-bond acceptors (Lipinski definition) is 5. The molecule has 4 heterocycles. The Morgan fingerprint density at radius 1 is 0.608 bits per heavy atom. The highest BCUT2D eigenvalue weighted by Gasteiger charge is 2.52. The third-order valence-electron chi connectivity index (χ3n) is 10.9. The lowest BCUT2D eigenvalue weighted by Crippen LogP contribution is -2.41. The number of aromatic nitrogens is 3. The predicted molar refractivity (Wildman–Crippen MR) is 213 cm³/mol. The lowest BCUT2D eigenvalue weighted by Gasteiger charge is -2.32. The van der Waals surface area contributed by atoms with E-state index in [-0.39, 0.29) is 0 Å². The van der Waals surface area contributed by atoms with Crippen molar-refractivity contribution in [2.24, 2.45) is 0 Å². The topological polar surface area (TPSA) is 49.2 Å². The normalized spacial score (nSPS) is 15.6. The van der Waals surface area contributed by atoms with Crippen LogP contribution in [-0.2, 0) is 9.31 Å². The van der Waals surface area contributed by atoms with Gasteiger partial charge in [-0.05, 0) is 80.3 Å². The summed E-state index contributed by atoms with van der Waals surface area (Å²) in [6.45, 7) is 8.38. The second kappa shape index (κ2) is 11.1. The van der Waals surface area contributed by atoms with Crippen LogP contribution in [0.25, 0.3) is 81.2 Å². The molecule has 7 heteroatoms. The van der Waals surface area contributed by atoms with Crippen molar-refractivity contribution >= 4 is 76.8 Å². The number of thiophene rings is 1. The predicted octanol–water partition coefficient (Wildman–Crippen LogP) is 10.7. The van der Waals surface area contributed by atoms with E-state index in [1.807, 2.05) is 6.07 Å². The maximum atomic E-state index is 6.71. The van der Waals surface area contributed by atoms with Gasteiger partial charge in [0.05, 0.1) is 38.1 Å². The Bertz CT molecular complexity index is 2820. The molecule has 0 radical (unpaired) electrons. The molecule has 1 aliphatic heterocycles. The van der Waals surface area contributed by atoms with Crippen molar-refractivity contribution in [2.75, 3.05) is 0 Å². The van der Waals surface area contributed by atoms with Crippen LogP contribution >= 0.6 is 11.3 Å². The molecule has 0 saturated carbocycles. The SMILES string of the molecule is CC1(C)OB(c2ccc(-n3c4ccccc4c4cc5ccccc5cc43)cc2-c2nc(-c3ccccc3)c3sc4ccccc4c3n2)OC1(C)C. The molecular weight excluding hydrogens is 645 g/mol. The van der Waals surface area contributed by atoms with E-state index in [4.69, 9.17) is 19.3 Å². The van der Waals surface area contributed by atoms with Crippen LogP contribution in [0.2, 0.25) is 0 Å². The number of benzene rings is 6. The lowest BCUT2D eigenvalue weighted by molar-refractivity contribution is 0.00578. The van der Waals surface area contributed by atoms with E-state index in [0.29, 0.717) is 5.82 Å². The number of rotatable bonds is 4. The Morgan fingerprint density at radius 3 is 2.06 bits per heavy atom. The van der Waals surface area contributed by atoms with Crippen molar-refractivity contribution < 1.29 is 9.31 Å². The van der Waals surface area contributed by atoms with Gasteiger partial charge in [0.1, 0.15) is 0 Å². The van der Waals surface area contributed by atoms with Crippen LogP contribution < -0.4 is 5.46 Å². The molecule has 0 atom stereocenters. The molecule has 10 rings (SSSR count). The van der Waals surface area contributed by atoms with E-state index in [9.17, 15) is 0 Å². The van der Waals surface area contributed by atoms with Crippen LogP contribution in [0, 0.1) is 0 Å². The largest absolute Gasteiger partial charge is 0.495 e. The fourth-order valence-corrected chi connectivity index (χ4v) is 8.64. The first-order valence-corrected chi connectivity index (χ1v) is 18.2. The molecule has 51 heavy (non-hydrogen) atoms. The van der Waals surface area contributed by atoms with E-state index >= 15 is 0 Å². The molecule has 0 spiro atoms. The van der Waals surface area contributed by atoms with Gasteiger partial charge in [-0.25, -0.2) is 9.97 Å². The molecule has 0 N–H and O–H groups in total. The molecule has 1 fully saturated rings. The summed E-state index contributed by atoms with van der Waals surface area (Å²) in [5, 5.41) is 5.98. The molecule has 1 saturated heterocycles. The summed E-state index contributed by atoms with van der Waals surface area (Å²) in [6, 6.07) is 47.3. The van der Waals surface area contributed by atoms with Gasteiger partial charge in [-0.3, -0.25) is 0 Å². The first kappa shape index (κ1) is 30.5. The molecule has 6 aromatic carbocycles. The second-order valence-corrected chi connectivity index (χ2v) is 15.5. The molecule has 0 unspecified atom stereocenters. The Hall–Kier alpha value is -5.34. The van der Waals surface area contributed by atoms with Crippen LogP contribution in [0.3, 0.4) is 0 Å². The third kappa shape index (κ3) is 4.69. The molecular formula is C44H34BN3O2S. The monoisotopic (exact) mass is 679 g/mol. The zero-order valence-corrected chi connectivity index (χ0v) is 29.7. The van der Waals surface area contributed by atoms with Crippen LogP contribution in [0.5, 0.6) is 0 Å². The van der Waals surface area contributed by atoms with Gasteiger partial charge in [0, 0.05) is 37.7 Å². The summed E-state index contributed by atoms with van der Waals surface area (Å²) < 4.78 is 18.0. The maximum Gasteiger partial charge on any atom is 0.495 e. The van der Waals surface area contributed by atoms with E-state index in [1.54, 1.807) is 11.3 Å². The highest BCUT2D eigenvalue weighted by atomic mass is 32.1. The minimum atomic E-state index is -0.597. The van der Waals surface area contributed by atoms with E-state index in [1.165, 1.54) is 26.2 Å². The van der Waals surface area contributed by atoms with Crippen molar-refractivity contribution in [1.82, 2.24) is 14.5 Å². The molecule has 9 aromatic rings. The average Bonchev–Trinajstić information content (AvgIpc) is 3.75. The van der Waals surface area contributed by atoms with Gasteiger partial charge in [0.25, 0.3) is 0 Å². The van der Waals surface area contributed by atoms with Crippen molar-refractivity contribution in [3.05, 3.63) is 133 Å². The minimum Gasteiger partial charge on any atom is -0.399 e. The maximum absolute atomic E-state index is 6.71. The van der Waals surface area contributed by atoms with Gasteiger partial charge in [0.15, 0.2) is 5.82 Å². The summed E-state index contributed by atoms with van der Waals surface area (Å²) >= 11 is 1.74. The molecule has 0 amide bonds. The Kier molecular flexibility index (Phi) is 6.62. The van der Waals surface area contributed by atoms with Crippen molar-refractivity contribution in [3.8, 4) is 28.3 Å². The van der Waals surface area contributed by atoms with E-state index in [0.717, 1.165) is 54.6 Å². The zero-order chi connectivity index (χ0) is 34.5. The fraction of sp³-hybridized carbons (Fsp3) is 0.136. The first-order chi connectivity index (χ1) is 24.8. The van der Waals surface area contributed by atoms with E-state index < -0.39 is 18.3 Å². The van der Waals surface area contributed by atoms with Gasteiger partial charge >= 0.3 is 7.12 Å². The van der Waals surface area contributed by atoms with Gasteiger partial charge in [0.2, 0.25) is 0 Å². The number of hydrogen-bond donors (Lipinski definition) is 0. The van der Waals surface area contributed by atoms with Crippen LogP contribution in [-0.4, -0.2) is 32.9 Å². The fourth-order valence-electron chi connectivity index (χ4n) is 7.49. The van der Waals surface area contributed by atoms with Crippen LogP contribution in [0.15, 0.2) is 133 Å². The van der Waals surface area contributed by atoms with Crippen molar-refractivity contribution in [3.63, 3.8) is 0 Å². The smallest absolute Gasteiger partial charge is 0.399 e. The average molecular weight is 680 g/mol. The Balaban J connectivity index is 1.28. The molecule has 1 aliphatic rings. The van der Waals surface area contributed by atoms with Crippen LogP contribution in [0.4, 0.5) is 0 Å². The van der Waals surface area contributed by atoms with Gasteiger partial charge in [-0.15, -0.1) is 11.3 Å². The number of fused-ring (bicyclic) bond motifs is 7. The van der Waals surface area contributed by atoms with Crippen molar-refractivity contribution in [2.45, 2.75) is 38.9 Å². The first-order valence-electron chi connectivity index (χ1n) is 17.4. The minimum absolute atomic E-state index is 0.509. The number of para-hydroxylation sites is 1. The molecule has 3 aromatic heterocycles. The highest BCUT2D eigenvalue weighted by molar-refractivity contribution is 7.26. The Morgan fingerprint density at radius 2 is 1.27 bits per heavy atom. The Labute approximate surface area is 300 Å². The summed E-state index contributed by atoms with van der Waals surface area (Å²) in [6.07, 6.45) is 0. The molecule has 246 valence electrons. The standard InChI is InChI=1S/C44H34BN3O2S/c1-43(2)44(3,4)50-45(49-43)35-23-22-30(48-36-20-12-10-18-31(36)33-24-28-16-8-9-17-29(28)25-37(33)48)26-34(35)42-46-39(27-14-6-5-7-15-27)41-40(47-42)32-19-11-13-21-38(32)51-41/h5-26H,1-4H3. The summed E-state index contributed by atoms with van der Waals surface area (Å²) in [5.74, 6) is 0.641. The third-order valence-corrected chi connectivity index (χ3v) is 12.0. The molecule has 0 aliphatic carbocycles. The lowest BCUT2D eigenvalue weighted by atomic mass is 9.75. The van der Waals surface area contributed by atoms with Gasteiger partial charge in [-0.2, -0.15) is 0 Å². The van der Waals surface area contributed by atoms with E-state index in [2.05, 4.69) is 160 Å². The zero-order valence-electron chi connectivity index (χ0n) is 28.8.